The van der Waals surface area contributed by atoms with Gasteiger partial charge in [0.1, 0.15) is 0 Å². The van der Waals surface area contributed by atoms with Crippen molar-refractivity contribution >= 4 is 23.4 Å². The highest BCUT2D eigenvalue weighted by Crippen LogP contribution is 2.17. The van der Waals surface area contributed by atoms with Gasteiger partial charge in [0.2, 0.25) is 0 Å². The molecule has 0 aliphatic carbocycles. The Morgan fingerprint density at radius 2 is 2.39 bits per heavy atom. The SMILES string of the molecule is CCC(CSC)N(C)C(=O)c1ccncc1NN. The fourth-order valence-electron chi connectivity index (χ4n) is 1.75. The molecule has 1 rings (SSSR count). The highest BCUT2D eigenvalue weighted by Gasteiger charge is 2.21. The van der Waals surface area contributed by atoms with Crippen LogP contribution in [0.3, 0.4) is 0 Å². The van der Waals surface area contributed by atoms with Crippen molar-refractivity contribution in [2.45, 2.75) is 19.4 Å². The second-order valence-electron chi connectivity index (χ2n) is 4.00. The second-order valence-corrected chi connectivity index (χ2v) is 4.91. The number of anilines is 1. The van der Waals surface area contributed by atoms with Crippen LogP contribution in [-0.2, 0) is 0 Å². The van der Waals surface area contributed by atoms with Crippen molar-refractivity contribution in [2.24, 2.45) is 5.84 Å². The Balaban J connectivity index is 2.91. The van der Waals surface area contributed by atoms with Gasteiger partial charge in [-0.1, -0.05) is 6.92 Å². The first-order chi connectivity index (χ1) is 8.65. The number of amides is 1. The molecule has 1 amide bonds. The van der Waals surface area contributed by atoms with Crippen LogP contribution in [0.25, 0.3) is 0 Å². The average molecular weight is 268 g/mol. The van der Waals surface area contributed by atoms with Crippen LogP contribution in [0.1, 0.15) is 23.7 Å². The van der Waals surface area contributed by atoms with Crippen molar-refractivity contribution in [2.75, 3.05) is 24.5 Å². The molecule has 18 heavy (non-hydrogen) atoms. The summed E-state index contributed by atoms with van der Waals surface area (Å²) in [4.78, 5) is 18.1. The zero-order chi connectivity index (χ0) is 13.5. The number of hydrazine groups is 1. The van der Waals surface area contributed by atoms with Crippen LogP contribution >= 0.6 is 11.8 Å². The number of nitrogens with two attached hydrogens (primary N) is 1. The van der Waals surface area contributed by atoms with Crippen molar-refractivity contribution in [1.29, 1.82) is 0 Å². The van der Waals surface area contributed by atoms with Crippen molar-refractivity contribution in [3.8, 4) is 0 Å². The minimum atomic E-state index is -0.0359. The number of pyridine rings is 1. The molecule has 0 aliphatic heterocycles. The van der Waals surface area contributed by atoms with E-state index in [1.807, 2.05) is 13.3 Å². The van der Waals surface area contributed by atoms with Gasteiger partial charge >= 0.3 is 0 Å². The minimum Gasteiger partial charge on any atom is -0.338 e. The number of aromatic nitrogens is 1. The minimum absolute atomic E-state index is 0.0359. The van der Waals surface area contributed by atoms with Gasteiger partial charge in [0.05, 0.1) is 17.4 Å². The maximum Gasteiger partial charge on any atom is 0.256 e. The molecular formula is C12H20N4OS. The molecule has 1 heterocycles. The van der Waals surface area contributed by atoms with E-state index >= 15 is 0 Å². The van der Waals surface area contributed by atoms with Crippen LogP contribution < -0.4 is 11.3 Å². The summed E-state index contributed by atoms with van der Waals surface area (Å²) in [6.07, 6.45) is 6.12. The zero-order valence-electron chi connectivity index (χ0n) is 11.0. The molecule has 0 radical (unpaired) electrons. The lowest BCUT2D eigenvalue weighted by atomic mass is 10.1. The molecule has 0 fully saturated rings. The first-order valence-corrected chi connectivity index (χ1v) is 7.21. The Morgan fingerprint density at radius 3 is 2.94 bits per heavy atom. The summed E-state index contributed by atoms with van der Waals surface area (Å²) in [7, 11) is 1.83. The van der Waals surface area contributed by atoms with Crippen molar-refractivity contribution in [3.05, 3.63) is 24.0 Å². The quantitative estimate of drug-likeness (QED) is 0.605. The van der Waals surface area contributed by atoms with Gasteiger partial charge in [-0.2, -0.15) is 11.8 Å². The van der Waals surface area contributed by atoms with Gasteiger partial charge in [-0.15, -0.1) is 0 Å². The van der Waals surface area contributed by atoms with E-state index in [2.05, 4.69) is 17.3 Å². The van der Waals surface area contributed by atoms with E-state index in [4.69, 9.17) is 5.84 Å². The molecule has 1 atom stereocenters. The molecule has 1 aromatic rings. The molecule has 1 unspecified atom stereocenters. The van der Waals surface area contributed by atoms with Crippen LogP contribution in [0.15, 0.2) is 18.5 Å². The van der Waals surface area contributed by atoms with Crippen LogP contribution in [0.2, 0.25) is 0 Å². The first kappa shape index (κ1) is 14.8. The van der Waals surface area contributed by atoms with E-state index in [0.29, 0.717) is 11.3 Å². The number of hydrogen-bond donors (Lipinski definition) is 2. The molecule has 0 aromatic carbocycles. The van der Waals surface area contributed by atoms with Crippen molar-refractivity contribution < 1.29 is 4.79 Å². The molecule has 0 spiro atoms. The van der Waals surface area contributed by atoms with Crippen LogP contribution in [-0.4, -0.2) is 40.9 Å². The van der Waals surface area contributed by atoms with Gasteiger partial charge in [-0.05, 0) is 18.7 Å². The van der Waals surface area contributed by atoms with E-state index in [-0.39, 0.29) is 11.9 Å². The lowest BCUT2D eigenvalue weighted by molar-refractivity contribution is 0.0744. The van der Waals surface area contributed by atoms with Crippen LogP contribution in [0, 0.1) is 0 Å². The number of rotatable bonds is 6. The lowest BCUT2D eigenvalue weighted by Crippen LogP contribution is -2.38. The van der Waals surface area contributed by atoms with Gasteiger partial charge in [0, 0.05) is 25.0 Å². The number of carbonyl (C=O) groups excluding carboxylic acids is 1. The summed E-state index contributed by atoms with van der Waals surface area (Å²) >= 11 is 1.74. The third-order valence-electron chi connectivity index (χ3n) is 2.91. The smallest absolute Gasteiger partial charge is 0.256 e. The number of hydrogen-bond acceptors (Lipinski definition) is 5. The third kappa shape index (κ3) is 3.36. The van der Waals surface area contributed by atoms with E-state index in [1.165, 1.54) is 0 Å². The number of nitrogen functional groups attached to an aromatic ring is 1. The molecule has 3 N–H and O–H groups in total. The normalized spacial score (nSPS) is 12.0. The second kappa shape index (κ2) is 7.23. The zero-order valence-corrected chi connectivity index (χ0v) is 11.8. The molecule has 1 aromatic heterocycles. The lowest BCUT2D eigenvalue weighted by Gasteiger charge is -2.27. The summed E-state index contributed by atoms with van der Waals surface area (Å²) in [5.74, 6) is 6.28. The number of nitrogens with one attached hydrogen (secondary N) is 1. The van der Waals surface area contributed by atoms with Crippen LogP contribution in [0.5, 0.6) is 0 Å². The van der Waals surface area contributed by atoms with Crippen molar-refractivity contribution in [3.63, 3.8) is 0 Å². The Kier molecular flexibility index (Phi) is 5.94. The van der Waals surface area contributed by atoms with Gasteiger partial charge in [-0.25, -0.2) is 0 Å². The summed E-state index contributed by atoms with van der Waals surface area (Å²) in [6, 6.07) is 1.91. The predicted molar refractivity (Wildman–Crippen MR) is 76.6 cm³/mol. The standard InChI is InChI=1S/C12H20N4OS/c1-4-9(8-18-3)16(2)12(17)10-5-6-14-7-11(10)15-13/h5-7,9,15H,4,8,13H2,1-3H3. The topological polar surface area (TPSA) is 71.2 Å². The molecule has 0 saturated carbocycles. The summed E-state index contributed by atoms with van der Waals surface area (Å²) in [5, 5.41) is 0. The highest BCUT2D eigenvalue weighted by molar-refractivity contribution is 7.98. The molecule has 5 nitrogen and oxygen atoms in total. The van der Waals surface area contributed by atoms with Gasteiger partial charge in [-0.3, -0.25) is 15.6 Å². The fraction of sp³-hybridized carbons (Fsp3) is 0.500. The Hall–Kier alpha value is -1.27. The van der Waals surface area contributed by atoms with E-state index < -0.39 is 0 Å². The van der Waals surface area contributed by atoms with E-state index in [1.54, 1.807) is 35.1 Å². The molecule has 0 saturated heterocycles. The highest BCUT2D eigenvalue weighted by atomic mass is 32.2. The van der Waals surface area contributed by atoms with Crippen LogP contribution in [0.4, 0.5) is 5.69 Å². The summed E-state index contributed by atoms with van der Waals surface area (Å²) < 4.78 is 0. The molecule has 6 heteroatoms. The van der Waals surface area contributed by atoms with Gasteiger partial charge < -0.3 is 10.3 Å². The average Bonchev–Trinajstić information content (AvgIpc) is 2.43. The maximum absolute atomic E-state index is 12.4. The number of carbonyl (C=O) groups is 1. The third-order valence-corrected chi connectivity index (χ3v) is 3.62. The monoisotopic (exact) mass is 268 g/mol. The Labute approximate surface area is 112 Å². The molecule has 0 aliphatic rings. The van der Waals surface area contributed by atoms with E-state index in [9.17, 15) is 4.79 Å². The number of thioether (sulfide) groups is 1. The summed E-state index contributed by atoms with van der Waals surface area (Å²) in [5.41, 5.74) is 3.60. The van der Waals surface area contributed by atoms with Crippen molar-refractivity contribution in [1.82, 2.24) is 9.88 Å². The van der Waals surface area contributed by atoms with Gasteiger partial charge in [0.25, 0.3) is 5.91 Å². The number of nitrogens with zero attached hydrogens (tertiary/aromatic N) is 2. The Morgan fingerprint density at radius 1 is 1.67 bits per heavy atom. The van der Waals surface area contributed by atoms with Gasteiger partial charge in [0.15, 0.2) is 0 Å². The maximum atomic E-state index is 12.4. The first-order valence-electron chi connectivity index (χ1n) is 5.82. The molecule has 0 bridgehead atoms. The van der Waals surface area contributed by atoms with E-state index in [0.717, 1.165) is 12.2 Å². The largest absolute Gasteiger partial charge is 0.338 e. The predicted octanol–water partition coefficient (Wildman–Crippen LogP) is 1.58. The molecular weight excluding hydrogens is 248 g/mol. The summed E-state index contributed by atoms with van der Waals surface area (Å²) in [6.45, 7) is 2.08. The molecule has 100 valence electrons. The fourth-order valence-corrected chi connectivity index (χ4v) is 2.59. The Bertz CT molecular complexity index is 399.